The zero-order valence-corrected chi connectivity index (χ0v) is 16.7. The molecule has 0 bridgehead atoms. The molecular weight excluding hydrogens is 354 g/mol. The van der Waals surface area contributed by atoms with Crippen molar-refractivity contribution in [3.8, 4) is 5.75 Å². The van der Waals surface area contributed by atoms with Gasteiger partial charge in [0.1, 0.15) is 12.3 Å². The third kappa shape index (κ3) is 4.01. The summed E-state index contributed by atoms with van der Waals surface area (Å²) in [6.45, 7) is 4.54. The van der Waals surface area contributed by atoms with Crippen LogP contribution in [-0.4, -0.2) is 47.9 Å². The minimum absolute atomic E-state index is 0.0466. The Hall–Kier alpha value is -2.89. The molecule has 1 aromatic heterocycles. The number of hydrogen-bond donors (Lipinski definition) is 0. The molecule has 2 amide bonds. The summed E-state index contributed by atoms with van der Waals surface area (Å²) in [6.07, 6.45) is 6.14. The Morgan fingerprint density at radius 1 is 1.29 bits per heavy atom. The van der Waals surface area contributed by atoms with E-state index in [-0.39, 0.29) is 24.4 Å². The molecule has 6 nitrogen and oxygen atoms in total. The molecule has 28 heavy (non-hydrogen) atoms. The van der Waals surface area contributed by atoms with Crippen LogP contribution in [0.2, 0.25) is 0 Å². The van der Waals surface area contributed by atoms with E-state index in [1.54, 1.807) is 29.3 Å². The van der Waals surface area contributed by atoms with Gasteiger partial charge in [0.2, 0.25) is 5.91 Å². The predicted octanol–water partition coefficient (Wildman–Crippen LogP) is 3.45. The summed E-state index contributed by atoms with van der Waals surface area (Å²) in [5.41, 5.74) is 2.18. The van der Waals surface area contributed by atoms with Crippen LogP contribution in [0.4, 0.5) is 5.69 Å². The van der Waals surface area contributed by atoms with Gasteiger partial charge >= 0.3 is 0 Å². The van der Waals surface area contributed by atoms with Gasteiger partial charge in [0.05, 0.1) is 24.4 Å². The maximum Gasteiger partial charge on any atom is 0.256 e. The first kappa shape index (κ1) is 19.9. The molecule has 0 spiro atoms. The lowest BCUT2D eigenvalue weighted by Crippen LogP contribution is -2.58. The molecule has 2 heterocycles. The minimum Gasteiger partial charge on any atom is -0.495 e. The monoisotopic (exact) mass is 381 g/mol. The van der Waals surface area contributed by atoms with Gasteiger partial charge in [-0.3, -0.25) is 14.6 Å². The zero-order chi connectivity index (χ0) is 20.1. The normalized spacial score (nSPS) is 17.0. The van der Waals surface area contributed by atoms with E-state index in [4.69, 9.17) is 4.74 Å². The highest BCUT2D eigenvalue weighted by Crippen LogP contribution is 2.31. The number of anilines is 1. The molecule has 1 aromatic carbocycles. The van der Waals surface area contributed by atoms with Crippen LogP contribution >= 0.6 is 0 Å². The highest BCUT2D eigenvalue weighted by atomic mass is 16.5. The van der Waals surface area contributed by atoms with Gasteiger partial charge in [0, 0.05) is 18.9 Å². The SMILES string of the molecule is CCCC[C@@H]1CN(c2ccccc2OC)C(=O)CN1C(=O)c1cnccc1C. The van der Waals surface area contributed by atoms with Crippen LogP contribution in [0.1, 0.15) is 42.1 Å². The fourth-order valence-electron chi connectivity index (χ4n) is 3.62. The van der Waals surface area contributed by atoms with Crippen LogP contribution in [0.5, 0.6) is 5.75 Å². The third-order valence-electron chi connectivity index (χ3n) is 5.24. The van der Waals surface area contributed by atoms with Crippen molar-refractivity contribution in [3.63, 3.8) is 0 Å². The maximum absolute atomic E-state index is 13.2. The maximum atomic E-state index is 13.2. The van der Waals surface area contributed by atoms with Crippen molar-refractivity contribution in [1.29, 1.82) is 0 Å². The Morgan fingerprint density at radius 2 is 2.07 bits per heavy atom. The lowest BCUT2D eigenvalue weighted by atomic mass is 10.0. The topological polar surface area (TPSA) is 62.7 Å². The first-order valence-electron chi connectivity index (χ1n) is 9.71. The number of nitrogens with zero attached hydrogens (tertiary/aromatic N) is 3. The summed E-state index contributed by atoms with van der Waals surface area (Å²) in [4.78, 5) is 33.7. The Morgan fingerprint density at radius 3 is 2.79 bits per heavy atom. The highest BCUT2D eigenvalue weighted by Gasteiger charge is 2.36. The third-order valence-corrected chi connectivity index (χ3v) is 5.24. The fourth-order valence-corrected chi connectivity index (χ4v) is 3.62. The van der Waals surface area contributed by atoms with Crippen LogP contribution in [-0.2, 0) is 4.79 Å². The fraction of sp³-hybridized carbons (Fsp3) is 0.409. The second-order valence-electron chi connectivity index (χ2n) is 7.10. The number of carbonyl (C=O) groups is 2. The number of benzene rings is 1. The number of carbonyl (C=O) groups excluding carboxylic acids is 2. The standard InChI is InChI=1S/C22H27N3O3/c1-4-5-8-17-14-25(19-9-6-7-10-20(19)28-3)21(26)15-24(17)22(27)18-13-23-12-11-16(18)2/h6-7,9-13,17H,4-5,8,14-15H2,1-3H3/t17-/m1/s1. The van der Waals surface area contributed by atoms with Gasteiger partial charge in [-0.1, -0.05) is 31.9 Å². The van der Waals surface area contributed by atoms with Crippen molar-refractivity contribution in [3.05, 3.63) is 53.9 Å². The Labute approximate surface area is 166 Å². The Bertz CT molecular complexity index is 852. The molecule has 1 atom stereocenters. The number of aromatic nitrogens is 1. The molecular formula is C22H27N3O3. The van der Waals surface area contributed by atoms with E-state index in [0.29, 0.717) is 17.9 Å². The summed E-state index contributed by atoms with van der Waals surface area (Å²) >= 11 is 0. The molecule has 1 fully saturated rings. The van der Waals surface area contributed by atoms with Crippen molar-refractivity contribution in [2.45, 2.75) is 39.2 Å². The average molecular weight is 381 g/mol. The van der Waals surface area contributed by atoms with Crippen molar-refractivity contribution in [1.82, 2.24) is 9.88 Å². The second-order valence-corrected chi connectivity index (χ2v) is 7.10. The lowest BCUT2D eigenvalue weighted by molar-refractivity contribution is -0.121. The molecule has 0 saturated carbocycles. The molecule has 1 saturated heterocycles. The molecule has 0 aliphatic carbocycles. The number of unbranched alkanes of at least 4 members (excludes halogenated alkanes) is 1. The molecule has 148 valence electrons. The molecule has 2 aromatic rings. The van der Waals surface area contributed by atoms with E-state index in [2.05, 4.69) is 11.9 Å². The van der Waals surface area contributed by atoms with Crippen molar-refractivity contribution < 1.29 is 14.3 Å². The van der Waals surface area contributed by atoms with Gasteiger partial charge in [-0.05, 0) is 37.1 Å². The molecule has 0 N–H and O–H groups in total. The van der Waals surface area contributed by atoms with E-state index in [1.165, 1.54) is 0 Å². The first-order valence-corrected chi connectivity index (χ1v) is 9.71. The lowest BCUT2D eigenvalue weighted by Gasteiger charge is -2.41. The van der Waals surface area contributed by atoms with Gasteiger partial charge < -0.3 is 14.5 Å². The number of ether oxygens (including phenoxy) is 1. The number of pyridine rings is 1. The van der Waals surface area contributed by atoms with Crippen LogP contribution in [0.25, 0.3) is 0 Å². The van der Waals surface area contributed by atoms with Gasteiger partial charge in [-0.25, -0.2) is 0 Å². The number of piperazine rings is 1. The molecule has 1 aliphatic heterocycles. The van der Waals surface area contributed by atoms with E-state index in [9.17, 15) is 9.59 Å². The van der Waals surface area contributed by atoms with Crippen molar-refractivity contribution in [2.75, 3.05) is 25.1 Å². The average Bonchev–Trinajstić information content (AvgIpc) is 2.72. The number of methoxy groups -OCH3 is 1. The van der Waals surface area contributed by atoms with Gasteiger partial charge in [0.25, 0.3) is 5.91 Å². The molecule has 0 radical (unpaired) electrons. The number of hydrogen-bond acceptors (Lipinski definition) is 4. The zero-order valence-electron chi connectivity index (χ0n) is 16.7. The summed E-state index contributed by atoms with van der Waals surface area (Å²) in [5.74, 6) is 0.430. The van der Waals surface area contributed by atoms with E-state index in [1.807, 2.05) is 37.3 Å². The quantitative estimate of drug-likeness (QED) is 0.769. The summed E-state index contributed by atoms with van der Waals surface area (Å²) in [6, 6.07) is 9.28. The van der Waals surface area contributed by atoms with Gasteiger partial charge in [-0.2, -0.15) is 0 Å². The Kier molecular flexibility index (Phi) is 6.29. The molecule has 3 rings (SSSR count). The van der Waals surface area contributed by atoms with Crippen molar-refractivity contribution in [2.24, 2.45) is 0 Å². The van der Waals surface area contributed by atoms with Crippen LogP contribution in [0.15, 0.2) is 42.7 Å². The molecule has 6 heteroatoms. The summed E-state index contributed by atoms with van der Waals surface area (Å²) in [5, 5.41) is 0. The summed E-state index contributed by atoms with van der Waals surface area (Å²) < 4.78 is 5.44. The predicted molar refractivity (Wildman–Crippen MR) is 109 cm³/mol. The number of rotatable bonds is 6. The van der Waals surface area contributed by atoms with E-state index >= 15 is 0 Å². The minimum atomic E-state index is -0.125. The van der Waals surface area contributed by atoms with Crippen LogP contribution < -0.4 is 9.64 Å². The van der Waals surface area contributed by atoms with Crippen molar-refractivity contribution >= 4 is 17.5 Å². The first-order chi connectivity index (χ1) is 13.6. The Balaban J connectivity index is 1.90. The largest absolute Gasteiger partial charge is 0.495 e. The number of amides is 2. The van der Waals surface area contributed by atoms with E-state index < -0.39 is 0 Å². The summed E-state index contributed by atoms with van der Waals surface area (Å²) in [7, 11) is 1.60. The van der Waals surface area contributed by atoms with Gasteiger partial charge in [0.15, 0.2) is 0 Å². The van der Waals surface area contributed by atoms with Gasteiger partial charge in [-0.15, -0.1) is 0 Å². The van der Waals surface area contributed by atoms with E-state index in [0.717, 1.165) is 30.5 Å². The smallest absolute Gasteiger partial charge is 0.256 e. The number of aryl methyl sites for hydroxylation is 1. The number of para-hydroxylation sites is 2. The second kappa shape index (κ2) is 8.87. The highest BCUT2D eigenvalue weighted by molar-refractivity contribution is 6.03. The molecule has 0 unspecified atom stereocenters. The van der Waals surface area contributed by atoms with Crippen LogP contribution in [0.3, 0.4) is 0 Å². The molecule has 1 aliphatic rings. The van der Waals surface area contributed by atoms with Crippen LogP contribution in [0, 0.1) is 6.92 Å².